The number of hydrogen-bond acceptors (Lipinski definition) is 3. The lowest BCUT2D eigenvalue weighted by Crippen LogP contribution is -2.64. The highest BCUT2D eigenvalue weighted by Gasteiger charge is 2.63. The fourth-order valence-electron chi connectivity index (χ4n) is 16.1. The van der Waals surface area contributed by atoms with E-state index in [9.17, 15) is 0 Å². The zero-order valence-corrected chi connectivity index (χ0v) is 31.3. The topological polar surface area (TPSA) is 78.0 Å². The van der Waals surface area contributed by atoms with Crippen LogP contribution >= 0.6 is 0 Å². The van der Waals surface area contributed by atoms with Crippen molar-refractivity contribution in [2.24, 2.45) is 96.7 Å². The van der Waals surface area contributed by atoms with Crippen molar-refractivity contribution in [2.45, 2.75) is 168 Å². The maximum absolute atomic E-state index is 7.59. The third-order valence-electron chi connectivity index (χ3n) is 19.6. The van der Waals surface area contributed by atoms with Gasteiger partial charge >= 0.3 is 0 Å². The van der Waals surface area contributed by atoms with Crippen molar-refractivity contribution in [1.82, 2.24) is 15.6 Å². The SMILES string of the molecule is CC1(C)C2CCC1(C)C(N=C(NC1CC3CCC1(C)C3(C)C)N(N)C(=NC1C3CC4CC(C3)CC1C4)NC1C3CC4CC(C3)CC1C4)C2. The molecule has 0 aliphatic heterocycles. The fraction of sp³-hybridized carbons (Fsp3) is 0.952. The van der Waals surface area contributed by atoms with Crippen LogP contribution in [0.3, 0.4) is 0 Å². The van der Waals surface area contributed by atoms with Crippen molar-refractivity contribution in [1.29, 1.82) is 0 Å². The van der Waals surface area contributed by atoms with Gasteiger partial charge in [-0.15, -0.1) is 0 Å². The predicted molar refractivity (Wildman–Crippen MR) is 195 cm³/mol. The number of fused-ring (bicyclic) bond motifs is 4. The average molecular weight is 657 g/mol. The molecule has 12 rings (SSSR count). The lowest BCUT2D eigenvalue weighted by molar-refractivity contribution is -0.00914. The minimum absolute atomic E-state index is 0.219. The summed E-state index contributed by atoms with van der Waals surface area (Å²) in [7, 11) is 0. The Kier molecular flexibility index (Phi) is 6.81. The third kappa shape index (κ3) is 4.31. The van der Waals surface area contributed by atoms with Gasteiger partial charge in [-0.05, 0) is 184 Å². The van der Waals surface area contributed by atoms with Gasteiger partial charge in [0, 0.05) is 12.1 Å². The van der Waals surface area contributed by atoms with Crippen LogP contribution in [0.5, 0.6) is 0 Å². The molecular weight excluding hydrogens is 589 g/mol. The van der Waals surface area contributed by atoms with Crippen LogP contribution in [0, 0.1) is 80.8 Å². The van der Waals surface area contributed by atoms with Crippen molar-refractivity contribution in [3.63, 3.8) is 0 Å². The van der Waals surface area contributed by atoms with E-state index in [0.29, 0.717) is 35.0 Å². The Morgan fingerprint density at radius 2 is 1.04 bits per heavy atom. The first kappa shape index (κ1) is 31.4. The summed E-state index contributed by atoms with van der Waals surface area (Å²) in [4.78, 5) is 11.7. The van der Waals surface area contributed by atoms with Crippen LogP contribution in [-0.4, -0.2) is 41.1 Å². The molecule has 6 heteroatoms. The van der Waals surface area contributed by atoms with Crippen molar-refractivity contribution in [3.05, 3.63) is 0 Å². The molecule has 12 aliphatic carbocycles. The summed E-state index contributed by atoms with van der Waals surface area (Å²) < 4.78 is 0. The number of aliphatic imine (C=N–C) groups is 2. The maximum atomic E-state index is 7.59. The molecule has 0 radical (unpaired) electrons. The molecule has 6 nitrogen and oxygen atoms in total. The van der Waals surface area contributed by atoms with E-state index in [1.807, 2.05) is 5.01 Å². The summed E-state index contributed by atoms with van der Waals surface area (Å²) in [5, 5.41) is 10.4. The molecule has 0 heterocycles. The van der Waals surface area contributed by atoms with E-state index in [1.165, 1.54) is 103 Å². The molecule has 6 atom stereocenters. The Labute approximate surface area is 292 Å². The molecule has 48 heavy (non-hydrogen) atoms. The fourth-order valence-corrected chi connectivity index (χ4v) is 16.1. The van der Waals surface area contributed by atoms with Gasteiger partial charge in [0.2, 0.25) is 11.9 Å². The highest BCUT2D eigenvalue weighted by molar-refractivity contribution is 5.98. The van der Waals surface area contributed by atoms with Crippen LogP contribution in [0.2, 0.25) is 0 Å². The summed E-state index contributed by atoms with van der Waals surface area (Å²) in [6.45, 7) is 15.2. The molecule has 0 aromatic heterocycles. The number of guanidine groups is 2. The molecule has 12 saturated carbocycles. The van der Waals surface area contributed by atoms with Crippen LogP contribution in [-0.2, 0) is 0 Å². The Morgan fingerprint density at radius 1 is 0.562 bits per heavy atom. The zero-order valence-electron chi connectivity index (χ0n) is 31.3. The van der Waals surface area contributed by atoms with Gasteiger partial charge in [-0.3, -0.25) is 0 Å². The Hall–Kier alpha value is -1.30. The molecule has 0 aromatic rings. The van der Waals surface area contributed by atoms with Crippen LogP contribution in [0.4, 0.5) is 0 Å². The van der Waals surface area contributed by atoms with Gasteiger partial charge in [0.1, 0.15) is 0 Å². The minimum Gasteiger partial charge on any atom is -0.351 e. The molecule has 0 spiro atoms. The molecule has 12 aliphatic rings. The van der Waals surface area contributed by atoms with E-state index in [4.69, 9.17) is 15.8 Å². The number of nitrogens with one attached hydrogen (secondary N) is 2. The summed E-state index contributed by atoms with van der Waals surface area (Å²) in [6.07, 6.45) is 21.9. The summed E-state index contributed by atoms with van der Waals surface area (Å²) in [5.41, 5.74) is 1.13. The third-order valence-corrected chi connectivity index (χ3v) is 19.6. The first-order valence-electron chi connectivity index (χ1n) is 21.1. The average Bonchev–Trinajstić information content (AvgIpc) is 3.54. The summed E-state index contributed by atoms with van der Waals surface area (Å²) in [5.74, 6) is 17.9. The quantitative estimate of drug-likeness (QED) is 0.124. The minimum atomic E-state index is 0.219. The molecule has 266 valence electrons. The van der Waals surface area contributed by atoms with Gasteiger partial charge in [0.05, 0.1) is 12.1 Å². The highest BCUT2D eigenvalue weighted by atomic mass is 15.6. The largest absolute Gasteiger partial charge is 0.351 e. The molecular formula is C42H68N6. The Morgan fingerprint density at radius 3 is 1.50 bits per heavy atom. The van der Waals surface area contributed by atoms with Crippen molar-refractivity contribution in [3.8, 4) is 0 Å². The standard InChI is InChI=1S/C42H68N6/c1-39(2)31-7-9-41(39,5)33(21-31)44-37(45-34-22-32-8-10-42(34,6)40(32,3)4)48(43)38(46-35-27-13-23-11-24(15-27)16-28(35)14-23)47-36-29-17-25-12-26(19-29)20-30(36)18-25/h23-36H,7-22,43H2,1-6H3,(H,44,45)(H,46,47). The van der Waals surface area contributed by atoms with E-state index in [-0.39, 0.29) is 10.8 Å². The second kappa shape index (κ2) is 10.4. The summed E-state index contributed by atoms with van der Waals surface area (Å²) in [6, 6.07) is 1.64. The van der Waals surface area contributed by atoms with Crippen LogP contribution in [0.15, 0.2) is 9.98 Å². The number of hydrazine groups is 1. The van der Waals surface area contributed by atoms with E-state index in [0.717, 1.165) is 71.1 Å². The van der Waals surface area contributed by atoms with Crippen LogP contribution in [0.1, 0.15) is 144 Å². The molecule has 0 saturated heterocycles. The predicted octanol–water partition coefficient (Wildman–Crippen LogP) is 8.13. The number of nitrogens with two attached hydrogens (primary N) is 1. The summed E-state index contributed by atoms with van der Waals surface area (Å²) >= 11 is 0. The van der Waals surface area contributed by atoms with Crippen molar-refractivity contribution >= 4 is 11.9 Å². The number of hydrogen-bond donors (Lipinski definition) is 3. The van der Waals surface area contributed by atoms with Crippen molar-refractivity contribution in [2.75, 3.05) is 0 Å². The smallest absolute Gasteiger partial charge is 0.216 e. The molecule has 0 amide bonds. The second-order valence-corrected chi connectivity index (χ2v) is 21.7. The zero-order chi connectivity index (χ0) is 33.0. The van der Waals surface area contributed by atoms with Crippen LogP contribution < -0.4 is 16.5 Å². The lowest BCUT2D eigenvalue weighted by atomic mass is 9.54. The molecule has 12 bridgehead atoms. The van der Waals surface area contributed by atoms with Gasteiger partial charge in [0.25, 0.3) is 0 Å². The van der Waals surface area contributed by atoms with E-state index >= 15 is 0 Å². The van der Waals surface area contributed by atoms with E-state index in [1.54, 1.807) is 0 Å². The van der Waals surface area contributed by atoms with Gasteiger partial charge in [-0.25, -0.2) is 20.8 Å². The van der Waals surface area contributed by atoms with Crippen LogP contribution in [0.25, 0.3) is 0 Å². The highest BCUT2D eigenvalue weighted by Crippen LogP contribution is 2.67. The first-order chi connectivity index (χ1) is 22.8. The number of nitrogens with zero attached hydrogens (tertiary/aromatic N) is 3. The molecule has 0 aromatic carbocycles. The van der Waals surface area contributed by atoms with Gasteiger partial charge < -0.3 is 10.6 Å². The van der Waals surface area contributed by atoms with E-state index < -0.39 is 0 Å². The first-order valence-corrected chi connectivity index (χ1v) is 21.1. The molecule has 6 unspecified atom stereocenters. The normalized spacial score (nSPS) is 54.8. The maximum Gasteiger partial charge on any atom is 0.216 e. The second-order valence-electron chi connectivity index (χ2n) is 21.7. The Bertz CT molecular complexity index is 1320. The van der Waals surface area contributed by atoms with Gasteiger partial charge in [0.15, 0.2) is 0 Å². The molecule has 4 N–H and O–H groups in total. The van der Waals surface area contributed by atoms with Gasteiger partial charge in [-0.1, -0.05) is 41.5 Å². The molecule has 12 fully saturated rings. The Balaban J connectivity index is 1.03. The monoisotopic (exact) mass is 657 g/mol. The van der Waals surface area contributed by atoms with Crippen molar-refractivity contribution < 1.29 is 0 Å². The number of rotatable bonds is 4. The van der Waals surface area contributed by atoms with E-state index in [2.05, 4.69) is 52.2 Å². The lowest BCUT2D eigenvalue weighted by Gasteiger charge is -2.55. The van der Waals surface area contributed by atoms with Gasteiger partial charge in [-0.2, -0.15) is 0 Å².